The third-order valence-electron chi connectivity index (χ3n) is 2.45. The molecule has 0 saturated carbocycles. The van der Waals surface area contributed by atoms with Crippen molar-refractivity contribution in [2.75, 3.05) is 0 Å². The number of imidazole rings is 1. The Kier molecular flexibility index (Phi) is 1.86. The summed E-state index contributed by atoms with van der Waals surface area (Å²) in [7, 11) is 0. The summed E-state index contributed by atoms with van der Waals surface area (Å²) in [5, 5.41) is 9.46. The fourth-order valence-electron chi connectivity index (χ4n) is 1.73. The molecule has 78 valence electrons. The minimum absolute atomic E-state index is 0.252. The van der Waals surface area contributed by atoms with Crippen molar-refractivity contribution < 1.29 is 5.11 Å². The molecule has 3 rings (SSSR count). The normalized spacial score (nSPS) is 10.8. The van der Waals surface area contributed by atoms with Gasteiger partial charge in [-0.2, -0.15) is 0 Å². The molecule has 0 saturated heterocycles. The molecule has 0 unspecified atom stereocenters. The van der Waals surface area contributed by atoms with Gasteiger partial charge in [-0.25, -0.2) is 9.97 Å². The molecule has 0 spiro atoms. The Balaban J connectivity index is 2.29. The molecule has 0 fully saturated rings. The Morgan fingerprint density at radius 3 is 2.81 bits per heavy atom. The molecule has 0 amide bonds. The van der Waals surface area contributed by atoms with Crippen LogP contribution in [0.15, 0.2) is 48.9 Å². The van der Waals surface area contributed by atoms with Crippen molar-refractivity contribution in [1.29, 1.82) is 0 Å². The number of hydrogen-bond acceptors (Lipinski definition) is 3. The van der Waals surface area contributed by atoms with Crippen molar-refractivity contribution in [3.05, 3.63) is 48.9 Å². The van der Waals surface area contributed by atoms with E-state index in [2.05, 4.69) is 9.97 Å². The minimum Gasteiger partial charge on any atom is -0.508 e. The van der Waals surface area contributed by atoms with Gasteiger partial charge in [-0.05, 0) is 18.2 Å². The summed E-state index contributed by atoms with van der Waals surface area (Å²) in [6.45, 7) is 0. The molecule has 0 radical (unpaired) electrons. The Labute approximate surface area is 91.8 Å². The molecule has 2 heterocycles. The van der Waals surface area contributed by atoms with Crippen LogP contribution < -0.4 is 0 Å². The first-order chi connectivity index (χ1) is 7.84. The number of rotatable bonds is 1. The summed E-state index contributed by atoms with van der Waals surface area (Å²) >= 11 is 0. The van der Waals surface area contributed by atoms with E-state index < -0.39 is 0 Å². The van der Waals surface area contributed by atoms with Crippen LogP contribution in [0.3, 0.4) is 0 Å². The number of phenols is 1. The van der Waals surface area contributed by atoms with Crippen molar-refractivity contribution in [2.45, 2.75) is 0 Å². The van der Waals surface area contributed by atoms with Gasteiger partial charge in [0.15, 0.2) is 0 Å². The summed E-state index contributed by atoms with van der Waals surface area (Å²) in [6, 6.07) is 9.01. The SMILES string of the molecule is Oc1cccc(-c2ccnc3nccn23)c1. The van der Waals surface area contributed by atoms with Crippen LogP contribution in [0.4, 0.5) is 0 Å². The molecule has 3 aromatic rings. The lowest BCUT2D eigenvalue weighted by molar-refractivity contribution is 0.475. The molecule has 1 aromatic carbocycles. The van der Waals surface area contributed by atoms with Gasteiger partial charge in [0.1, 0.15) is 5.75 Å². The molecule has 16 heavy (non-hydrogen) atoms. The van der Waals surface area contributed by atoms with Crippen molar-refractivity contribution in [1.82, 2.24) is 14.4 Å². The Morgan fingerprint density at radius 1 is 1.06 bits per heavy atom. The van der Waals surface area contributed by atoms with Gasteiger partial charge in [-0.15, -0.1) is 0 Å². The molecule has 4 heteroatoms. The lowest BCUT2D eigenvalue weighted by atomic mass is 10.1. The zero-order valence-corrected chi connectivity index (χ0v) is 8.41. The fourth-order valence-corrected chi connectivity index (χ4v) is 1.73. The van der Waals surface area contributed by atoms with Gasteiger partial charge in [0.05, 0.1) is 5.69 Å². The lowest BCUT2D eigenvalue weighted by Gasteiger charge is -2.04. The fraction of sp³-hybridized carbons (Fsp3) is 0. The third-order valence-corrected chi connectivity index (χ3v) is 2.45. The molecule has 1 N–H and O–H groups in total. The first kappa shape index (κ1) is 8.91. The first-order valence-corrected chi connectivity index (χ1v) is 4.92. The molecular formula is C12H9N3O. The van der Waals surface area contributed by atoms with E-state index >= 15 is 0 Å². The van der Waals surface area contributed by atoms with Crippen LogP contribution in [0.25, 0.3) is 17.0 Å². The monoisotopic (exact) mass is 211 g/mol. The molecule has 0 bridgehead atoms. The number of nitrogens with zero attached hydrogens (tertiary/aromatic N) is 3. The maximum absolute atomic E-state index is 9.46. The van der Waals surface area contributed by atoms with Gasteiger partial charge in [0.2, 0.25) is 5.78 Å². The predicted molar refractivity (Wildman–Crippen MR) is 60.1 cm³/mol. The van der Waals surface area contributed by atoms with Crippen LogP contribution in [0.5, 0.6) is 5.75 Å². The van der Waals surface area contributed by atoms with Crippen LogP contribution in [-0.2, 0) is 0 Å². The van der Waals surface area contributed by atoms with Crippen LogP contribution in [0.1, 0.15) is 0 Å². The van der Waals surface area contributed by atoms with Gasteiger partial charge >= 0.3 is 0 Å². The highest BCUT2D eigenvalue weighted by molar-refractivity contribution is 5.63. The highest BCUT2D eigenvalue weighted by Crippen LogP contribution is 2.22. The van der Waals surface area contributed by atoms with Crippen molar-refractivity contribution in [3.8, 4) is 17.0 Å². The second-order valence-electron chi connectivity index (χ2n) is 3.48. The summed E-state index contributed by atoms with van der Waals surface area (Å²) < 4.78 is 1.88. The van der Waals surface area contributed by atoms with Crippen LogP contribution in [-0.4, -0.2) is 19.5 Å². The van der Waals surface area contributed by atoms with E-state index in [1.165, 1.54) is 0 Å². The molecule has 0 aliphatic rings. The standard InChI is InChI=1S/C12H9N3O/c16-10-3-1-2-9(8-10)11-4-5-13-12-14-6-7-15(11)12/h1-8,16H. The number of phenolic OH excluding ortho intramolecular Hbond substituents is 1. The summed E-state index contributed by atoms with van der Waals surface area (Å²) in [5.41, 5.74) is 1.89. The van der Waals surface area contributed by atoms with E-state index in [1.54, 1.807) is 24.5 Å². The molecule has 0 aliphatic carbocycles. The highest BCUT2D eigenvalue weighted by Gasteiger charge is 2.04. The van der Waals surface area contributed by atoms with Gasteiger partial charge in [0, 0.05) is 24.2 Å². The third kappa shape index (κ3) is 1.32. The molecule has 0 aliphatic heterocycles. The van der Waals surface area contributed by atoms with Crippen LogP contribution in [0.2, 0.25) is 0 Å². The van der Waals surface area contributed by atoms with Crippen molar-refractivity contribution >= 4 is 5.78 Å². The topological polar surface area (TPSA) is 50.4 Å². The first-order valence-electron chi connectivity index (χ1n) is 4.92. The number of aromatic nitrogens is 3. The van der Waals surface area contributed by atoms with E-state index in [0.29, 0.717) is 5.78 Å². The summed E-state index contributed by atoms with van der Waals surface area (Å²) in [5.74, 6) is 0.906. The lowest BCUT2D eigenvalue weighted by Crippen LogP contribution is -1.92. The van der Waals surface area contributed by atoms with E-state index in [1.807, 2.05) is 28.8 Å². The van der Waals surface area contributed by atoms with Gasteiger partial charge < -0.3 is 5.11 Å². The van der Waals surface area contributed by atoms with E-state index in [4.69, 9.17) is 0 Å². The molecular weight excluding hydrogens is 202 g/mol. The van der Waals surface area contributed by atoms with Gasteiger partial charge in [0.25, 0.3) is 0 Å². The van der Waals surface area contributed by atoms with E-state index in [0.717, 1.165) is 11.3 Å². The van der Waals surface area contributed by atoms with E-state index in [9.17, 15) is 5.11 Å². The molecule has 4 nitrogen and oxygen atoms in total. The summed E-state index contributed by atoms with van der Waals surface area (Å²) in [6.07, 6.45) is 5.26. The summed E-state index contributed by atoms with van der Waals surface area (Å²) in [4.78, 5) is 8.26. The average molecular weight is 211 g/mol. The second kappa shape index (κ2) is 3.34. The van der Waals surface area contributed by atoms with Crippen molar-refractivity contribution in [2.24, 2.45) is 0 Å². The van der Waals surface area contributed by atoms with Crippen LogP contribution >= 0.6 is 0 Å². The zero-order chi connectivity index (χ0) is 11.0. The van der Waals surface area contributed by atoms with Gasteiger partial charge in [-0.3, -0.25) is 4.40 Å². The van der Waals surface area contributed by atoms with Gasteiger partial charge in [-0.1, -0.05) is 12.1 Å². The maximum atomic E-state index is 9.46. The Hall–Kier alpha value is -2.36. The smallest absolute Gasteiger partial charge is 0.234 e. The van der Waals surface area contributed by atoms with Crippen LogP contribution in [0, 0.1) is 0 Å². The number of fused-ring (bicyclic) bond motifs is 1. The number of benzene rings is 1. The quantitative estimate of drug-likeness (QED) is 0.670. The highest BCUT2D eigenvalue weighted by atomic mass is 16.3. The Bertz CT molecular complexity index is 645. The largest absolute Gasteiger partial charge is 0.508 e. The van der Waals surface area contributed by atoms with E-state index in [-0.39, 0.29) is 5.75 Å². The second-order valence-corrected chi connectivity index (χ2v) is 3.48. The zero-order valence-electron chi connectivity index (χ0n) is 8.41. The average Bonchev–Trinajstić information content (AvgIpc) is 2.76. The molecule has 2 aromatic heterocycles. The molecule has 0 atom stereocenters. The maximum Gasteiger partial charge on any atom is 0.234 e. The number of hydrogen-bond donors (Lipinski definition) is 1. The van der Waals surface area contributed by atoms with Crippen molar-refractivity contribution in [3.63, 3.8) is 0 Å². The minimum atomic E-state index is 0.252. The predicted octanol–water partition coefficient (Wildman–Crippen LogP) is 2.10. The Morgan fingerprint density at radius 2 is 1.94 bits per heavy atom. The number of aromatic hydroxyl groups is 1.